The second-order valence-corrected chi connectivity index (χ2v) is 18.5. The molecule has 10 N–H and O–H groups in total. The Morgan fingerprint density at radius 2 is 1.70 bits per heavy atom. The first kappa shape index (κ1) is 48.6. The first-order valence-corrected chi connectivity index (χ1v) is 22.5. The summed E-state index contributed by atoms with van der Waals surface area (Å²) in [6.07, 6.45) is -6.10. The van der Waals surface area contributed by atoms with Crippen molar-refractivity contribution < 1.29 is 85.3 Å². The van der Waals surface area contributed by atoms with Gasteiger partial charge in [0.05, 0.1) is 25.5 Å². The lowest BCUT2D eigenvalue weighted by Gasteiger charge is -2.30. The zero-order chi connectivity index (χ0) is 42.9. The fourth-order valence-electron chi connectivity index (χ4n) is 5.00. The van der Waals surface area contributed by atoms with Gasteiger partial charge in [-0.25, -0.2) is 28.6 Å². The summed E-state index contributed by atoms with van der Waals surface area (Å²) in [4.78, 5) is 99.6. The Bertz CT molecular complexity index is 1900. The van der Waals surface area contributed by atoms with E-state index in [-0.39, 0.29) is 53.1 Å². The van der Waals surface area contributed by atoms with Crippen molar-refractivity contribution in [3.05, 3.63) is 12.7 Å². The Morgan fingerprint density at radius 1 is 1.04 bits per heavy atom. The van der Waals surface area contributed by atoms with E-state index in [4.69, 9.17) is 19.5 Å². The summed E-state index contributed by atoms with van der Waals surface area (Å²) < 4.78 is 62.1. The molecule has 2 amide bonds. The summed E-state index contributed by atoms with van der Waals surface area (Å²) in [5.41, 5.74) is 4.23. The van der Waals surface area contributed by atoms with Crippen LogP contribution in [0.1, 0.15) is 53.2 Å². The van der Waals surface area contributed by atoms with Crippen LogP contribution >= 0.6 is 35.2 Å². The molecule has 0 spiro atoms. The van der Waals surface area contributed by atoms with E-state index in [1.165, 1.54) is 20.8 Å². The molecule has 3 heterocycles. The van der Waals surface area contributed by atoms with Crippen molar-refractivity contribution in [2.45, 2.75) is 77.6 Å². The lowest BCUT2D eigenvalue weighted by atomic mass is 9.87. The SMILES string of the molecule is CCCC(=O)C(C)C(=O)SCCNC(=O)CCNC(=O)[C@H](O)C(C)(C)COP(=O)(O)OP(=O)(O)OC[C@H]1O[C@@H](n2cnc3c(N)ncnc32)[C@H](O)[C@@H]1OP(=O)(O)O. The van der Waals surface area contributed by atoms with Gasteiger partial charge in [0.15, 0.2) is 22.8 Å². The van der Waals surface area contributed by atoms with E-state index >= 15 is 0 Å². The number of nitrogens with one attached hydrogen (secondary N) is 2. The van der Waals surface area contributed by atoms with Crippen molar-refractivity contribution in [1.29, 1.82) is 0 Å². The maximum absolute atomic E-state index is 12.7. The number of hydrogen-bond acceptors (Lipinski definition) is 19. The van der Waals surface area contributed by atoms with Gasteiger partial charge in [0.25, 0.3) is 0 Å². The molecule has 322 valence electrons. The highest BCUT2D eigenvalue weighted by atomic mass is 32.2. The van der Waals surface area contributed by atoms with Crippen molar-refractivity contribution in [3.63, 3.8) is 0 Å². The summed E-state index contributed by atoms with van der Waals surface area (Å²) in [6.45, 7) is 3.66. The average molecular weight is 894 g/mol. The molecule has 0 bridgehead atoms. The summed E-state index contributed by atoms with van der Waals surface area (Å²) in [6, 6.07) is 0. The molecule has 29 heteroatoms. The smallest absolute Gasteiger partial charge is 0.386 e. The van der Waals surface area contributed by atoms with Crippen LogP contribution in [-0.4, -0.2) is 128 Å². The van der Waals surface area contributed by atoms with Crippen LogP contribution in [0.15, 0.2) is 12.7 Å². The van der Waals surface area contributed by atoms with Crippen LogP contribution in [0.5, 0.6) is 0 Å². The molecule has 2 aromatic heterocycles. The molecule has 1 aliphatic heterocycles. The number of nitrogen functional groups attached to an aromatic ring is 1. The molecule has 1 saturated heterocycles. The lowest BCUT2D eigenvalue weighted by molar-refractivity contribution is -0.137. The van der Waals surface area contributed by atoms with Crippen LogP contribution in [0.2, 0.25) is 0 Å². The van der Waals surface area contributed by atoms with Crippen LogP contribution < -0.4 is 16.4 Å². The zero-order valence-corrected chi connectivity index (χ0v) is 34.5. The number of carbonyl (C=O) groups excluding carboxylic acids is 4. The van der Waals surface area contributed by atoms with Gasteiger partial charge in [0.1, 0.15) is 42.0 Å². The molecule has 0 aromatic carbocycles. The number of ketones is 1. The molecule has 0 saturated carbocycles. The first-order valence-electron chi connectivity index (χ1n) is 17.0. The number of carbonyl (C=O) groups is 4. The van der Waals surface area contributed by atoms with Crippen LogP contribution in [0.25, 0.3) is 11.2 Å². The van der Waals surface area contributed by atoms with Crippen molar-refractivity contribution >= 4 is 74.9 Å². The molecule has 25 nitrogen and oxygen atoms in total. The van der Waals surface area contributed by atoms with Gasteiger partial charge in [-0.1, -0.05) is 32.5 Å². The topological polar surface area (TPSA) is 381 Å². The highest BCUT2D eigenvalue weighted by Gasteiger charge is 2.50. The summed E-state index contributed by atoms with van der Waals surface area (Å²) in [5.74, 6) is -2.23. The van der Waals surface area contributed by atoms with E-state index < -0.39 is 90.5 Å². The van der Waals surface area contributed by atoms with Gasteiger partial charge in [-0.3, -0.25) is 37.3 Å². The highest BCUT2D eigenvalue weighted by molar-refractivity contribution is 8.13. The standard InChI is InChI=1S/C28H46N7O18P3S/c1-5-6-16(36)15(2)27(41)57-10-9-30-18(37)7-8-31-25(40)22(39)28(3,4)12-50-56(47,48)53-55(45,46)49-11-17-21(52-54(42,43)44)20(38)26(51-17)35-14-34-19-23(29)32-13-33-24(19)35/h13-15,17,20-22,26,38-39H,5-12H2,1-4H3,(H,30,37)(H,31,40)(H,45,46)(H,47,48)(H2,29,32,33)(H2,42,43,44)/t15?,17-,20-,21-,22+,26-/m1/s1. The number of aromatic nitrogens is 4. The maximum atomic E-state index is 12.7. The van der Waals surface area contributed by atoms with Crippen LogP contribution in [0, 0.1) is 11.3 Å². The molecule has 2 aromatic rings. The fourth-order valence-corrected chi connectivity index (χ4v) is 8.62. The van der Waals surface area contributed by atoms with Gasteiger partial charge in [-0.2, -0.15) is 4.31 Å². The second-order valence-electron chi connectivity index (χ2n) is 13.2. The number of ether oxygens (including phenoxy) is 1. The van der Waals surface area contributed by atoms with Crippen molar-refractivity contribution in [2.75, 3.05) is 37.8 Å². The average Bonchev–Trinajstić information content (AvgIpc) is 3.67. The monoisotopic (exact) mass is 893 g/mol. The van der Waals surface area contributed by atoms with Gasteiger partial charge in [-0.15, -0.1) is 0 Å². The quantitative estimate of drug-likeness (QED) is 0.0392. The predicted molar refractivity (Wildman–Crippen MR) is 196 cm³/mol. The zero-order valence-electron chi connectivity index (χ0n) is 31.0. The van der Waals surface area contributed by atoms with Gasteiger partial charge < -0.3 is 50.9 Å². The molecule has 3 unspecified atom stereocenters. The van der Waals surface area contributed by atoms with E-state index in [1.54, 1.807) is 0 Å². The van der Waals surface area contributed by atoms with Gasteiger partial charge in [0.2, 0.25) is 11.8 Å². The second kappa shape index (κ2) is 20.5. The van der Waals surface area contributed by atoms with Crippen LogP contribution in [0.4, 0.5) is 5.82 Å². The largest absolute Gasteiger partial charge is 0.481 e. The van der Waals surface area contributed by atoms with Crippen LogP contribution in [-0.2, 0) is 55.5 Å². The summed E-state index contributed by atoms with van der Waals surface area (Å²) in [7, 11) is -16.4. The normalized spacial score (nSPS) is 22.0. The number of amides is 2. The van der Waals surface area contributed by atoms with E-state index in [0.29, 0.717) is 12.8 Å². The third-order valence-electron chi connectivity index (χ3n) is 8.08. The number of aliphatic hydroxyl groups is 2. The third-order valence-corrected chi connectivity index (χ3v) is 12.2. The molecule has 0 aliphatic carbocycles. The molecule has 0 radical (unpaired) electrons. The molecule has 57 heavy (non-hydrogen) atoms. The van der Waals surface area contributed by atoms with Crippen molar-refractivity contribution in [1.82, 2.24) is 30.2 Å². The Morgan fingerprint density at radius 3 is 2.35 bits per heavy atom. The van der Waals surface area contributed by atoms with E-state index in [2.05, 4.69) is 34.4 Å². The Kier molecular flexibility index (Phi) is 17.5. The molecule has 1 fully saturated rings. The van der Waals surface area contributed by atoms with Gasteiger partial charge in [0, 0.05) is 37.1 Å². The number of fused-ring (bicyclic) bond motifs is 1. The first-order chi connectivity index (χ1) is 26.4. The maximum Gasteiger partial charge on any atom is 0.481 e. The number of nitrogens with zero attached hydrogens (tertiary/aromatic N) is 4. The summed E-state index contributed by atoms with van der Waals surface area (Å²) >= 11 is 0.912. The molecular weight excluding hydrogens is 847 g/mol. The minimum absolute atomic E-state index is 0.0243. The molecule has 3 rings (SSSR count). The number of hydrogen-bond donors (Lipinski definition) is 9. The third kappa shape index (κ3) is 14.5. The Balaban J connectivity index is 1.48. The lowest BCUT2D eigenvalue weighted by Crippen LogP contribution is -2.46. The summed E-state index contributed by atoms with van der Waals surface area (Å²) in [5, 5.41) is 26.0. The molecular formula is C28H46N7O18P3S. The number of Topliss-reactive ketones (excluding diaryl/α,β-unsaturated/α-hetero) is 1. The van der Waals surface area contributed by atoms with Crippen molar-refractivity contribution in [2.24, 2.45) is 11.3 Å². The van der Waals surface area contributed by atoms with E-state index in [9.17, 15) is 62.7 Å². The van der Waals surface area contributed by atoms with Gasteiger partial charge >= 0.3 is 23.5 Å². The Labute approximate surface area is 329 Å². The van der Waals surface area contributed by atoms with Crippen LogP contribution in [0.3, 0.4) is 0 Å². The number of phosphoric acid groups is 3. The predicted octanol–water partition coefficient (Wildman–Crippen LogP) is -0.330. The molecule has 8 atom stereocenters. The highest BCUT2D eigenvalue weighted by Crippen LogP contribution is 2.61. The van der Waals surface area contributed by atoms with Gasteiger partial charge in [-0.05, 0) is 13.3 Å². The number of aliphatic hydroxyl groups excluding tert-OH is 2. The molecule has 1 aliphatic rings. The Hall–Kier alpha value is -2.77. The number of thioether (sulfide) groups is 1. The van der Waals surface area contributed by atoms with Crippen molar-refractivity contribution in [3.8, 4) is 0 Å². The number of rotatable bonds is 23. The van der Waals surface area contributed by atoms with E-state index in [1.807, 2.05) is 6.92 Å². The number of phosphoric ester groups is 3. The minimum atomic E-state index is -5.58. The van der Waals surface area contributed by atoms with E-state index in [0.717, 1.165) is 29.0 Å². The number of nitrogens with two attached hydrogens (primary N) is 1. The fraction of sp³-hybridized carbons (Fsp3) is 0.679. The minimum Gasteiger partial charge on any atom is -0.386 e. The number of imidazole rings is 1. The number of anilines is 1.